The third kappa shape index (κ3) is 2.50. The molecular weight excluding hydrogens is 205 g/mol. The topological polar surface area (TPSA) is 20.2 Å². The van der Waals surface area contributed by atoms with Gasteiger partial charge < -0.3 is 5.11 Å². The highest BCUT2D eigenvalue weighted by molar-refractivity contribution is 5.27. The molecule has 84 valence electrons. The molecule has 0 radical (unpaired) electrons. The van der Waals surface area contributed by atoms with Crippen LogP contribution in [0.2, 0.25) is 0 Å². The zero-order valence-electron chi connectivity index (χ0n) is 8.49. The van der Waals surface area contributed by atoms with Gasteiger partial charge in [-0.05, 0) is 24.5 Å². The number of benzene rings is 1. The Hall–Kier alpha value is -1.03. The molecule has 1 aromatic rings. The smallest absolute Gasteiger partial charge is 0.167 e. The van der Waals surface area contributed by atoms with Crippen LogP contribution in [0.3, 0.4) is 0 Å². The SMILES string of the molecule is CCCCc1cc(F)c(CO)c(F)c1F. The summed E-state index contributed by atoms with van der Waals surface area (Å²) in [5.74, 6) is -3.21. The third-order valence-corrected chi connectivity index (χ3v) is 2.29. The Morgan fingerprint density at radius 2 is 1.87 bits per heavy atom. The molecule has 4 heteroatoms. The molecule has 1 rings (SSSR count). The molecule has 0 spiro atoms. The summed E-state index contributed by atoms with van der Waals surface area (Å²) in [5.41, 5.74) is -0.572. The van der Waals surface area contributed by atoms with Gasteiger partial charge in [0.25, 0.3) is 0 Å². The van der Waals surface area contributed by atoms with E-state index in [-0.39, 0.29) is 5.56 Å². The summed E-state index contributed by atoms with van der Waals surface area (Å²) in [6.45, 7) is 1.08. The Bertz CT molecular complexity index is 350. The minimum absolute atomic E-state index is 0.0315. The van der Waals surface area contributed by atoms with E-state index in [2.05, 4.69) is 0 Å². The average molecular weight is 218 g/mol. The van der Waals surface area contributed by atoms with Crippen molar-refractivity contribution in [3.05, 3.63) is 34.6 Å². The van der Waals surface area contributed by atoms with Crippen LogP contribution in [0.4, 0.5) is 13.2 Å². The van der Waals surface area contributed by atoms with Crippen LogP contribution in [0.5, 0.6) is 0 Å². The highest BCUT2D eigenvalue weighted by atomic mass is 19.2. The van der Waals surface area contributed by atoms with Gasteiger partial charge in [-0.15, -0.1) is 0 Å². The number of unbranched alkanes of at least 4 members (excludes halogenated alkanes) is 1. The first-order valence-corrected chi connectivity index (χ1v) is 4.87. The quantitative estimate of drug-likeness (QED) is 0.770. The Kier molecular flexibility index (Phi) is 4.15. The number of aryl methyl sites for hydroxylation is 1. The molecule has 0 bridgehead atoms. The fourth-order valence-corrected chi connectivity index (χ4v) is 1.38. The second-order valence-corrected chi connectivity index (χ2v) is 3.39. The number of hydrogen-bond donors (Lipinski definition) is 1. The lowest BCUT2D eigenvalue weighted by Crippen LogP contribution is -2.03. The molecular formula is C11H13F3O. The second kappa shape index (κ2) is 5.16. The van der Waals surface area contributed by atoms with Gasteiger partial charge >= 0.3 is 0 Å². The Morgan fingerprint density at radius 3 is 2.40 bits per heavy atom. The zero-order chi connectivity index (χ0) is 11.4. The summed E-state index contributed by atoms with van der Waals surface area (Å²) >= 11 is 0. The van der Waals surface area contributed by atoms with E-state index in [1.807, 2.05) is 6.92 Å². The highest BCUT2D eigenvalue weighted by Gasteiger charge is 2.17. The van der Waals surface area contributed by atoms with Crippen LogP contribution in [0, 0.1) is 17.5 Å². The van der Waals surface area contributed by atoms with Crippen molar-refractivity contribution in [3.63, 3.8) is 0 Å². The molecule has 0 aliphatic rings. The maximum Gasteiger partial charge on any atom is 0.167 e. The molecule has 1 aromatic carbocycles. The van der Waals surface area contributed by atoms with Crippen molar-refractivity contribution in [1.82, 2.24) is 0 Å². The van der Waals surface area contributed by atoms with Crippen molar-refractivity contribution >= 4 is 0 Å². The van der Waals surface area contributed by atoms with E-state index >= 15 is 0 Å². The Labute approximate surface area is 86.5 Å². The largest absolute Gasteiger partial charge is 0.391 e. The van der Waals surface area contributed by atoms with Crippen molar-refractivity contribution < 1.29 is 18.3 Å². The number of aliphatic hydroxyl groups excluding tert-OH is 1. The van der Waals surface area contributed by atoms with E-state index in [1.165, 1.54) is 0 Å². The van der Waals surface area contributed by atoms with Crippen molar-refractivity contribution in [3.8, 4) is 0 Å². The van der Waals surface area contributed by atoms with Crippen LogP contribution in [0.15, 0.2) is 6.07 Å². The predicted octanol–water partition coefficient (Wildman–Crippen LogP) is 2.94. The minimum atomic E-state index is -1.27. The van der Waals surface area contributed by atoms with Gasteiger partial charge in [-0.25, -0.2) is 13.2 Å². The van der Waals surface area contributed by atoms with E-state index < -0.39 is 29.6 Å². The number of hydrogen-bond acceptors (Lipinski definition) is 1. The van der Waals surface area contributed by atoms with Gasteiger partial charge in [0.1, 0.15) is 5.82 Å². The van der Waals surface area contributed by atoms with E-state index in [0.717, 1.165) is 12.5 Å². The highest BCUT2D eigenvalue weighted by Crippen LogP contribution is 2.21. The van der Waals surface area contributed by atoms with Gasteiger partial charge in [-0.1, -0.05) is 13.3 Å². The summed E-state index contributed by atoms with van der Waals surface area (Å²) in [6.07, 6.45) is 1.81. The Morgan fingerprint density at radius 1 is 1.20 bits per heavy atom. The Balaban J connectivity index is 3.10. The van der Waals surface area contributed by atoms with Crippen LogP contribution in [0.25, 0.3) is 0 Å². The molecule has 0 saturated heterocycles. The first-order chi connectivity index (χ1) is 7.11. The van der Waals surface area contributed by atoms with E-state index in [0.29, 0.717) is 12.8 Å². The summed E-state index contributed by atoms with van der Waals surface area (Å²) in [7, 11) is 0. The fourth-order valence-electron chi connectivity index (χ4n) is 1.38. The molecule has 0 unspecified atom stereocenters. The predicted molar refractivity (Wildman–Crippen MR) is 50.9 cm³/mol. The van der Waals surface area contributed by atoms with Crippen LogP contribution in [0.1, 0.15) is 30.9 Å². The van der Waals surface area contributed by atoms with Crippen LogP contribution in [-0.2, 0) is 13.0 Å². The van der Waals surface area contributed by atoms with Gasteiger partial charge in [0, 0.05) is 0 Å². The van der Waals surface area contributed by atoms with Crippen molar-refractivity contribution in [1.29, 1.82) is 0 Å². The number of halogens is 3. The second-order valence-electron chi connectivity index (χ2n) is 3.39. The maximum atomic E-state index is 13.3. The number of rotatable bonds is 4. The lowest BCUT2D eigenvalue weighted by atomic mass is 10.0. The summed E-state index contributed by atoms with van der Waals surface area (Å²) in [4.78, 5) is 0. The first kappa shape index (κ1) is 12.0. The molecule has 0 fully saturated rings. The molecule has 0 aliphatic heterocycles. The fraction of sp³-hybridized carbons (Fsp3) is 0.455. The molecule has 0 amide bonds. The lowest BCUT2D eigenvalue weighted by Gasteiger charge is -2.07. The monoisotopic (exact) mass is 218 g/mol. The summed E-state index contributed by atoms with van der Waals surface area (Å²) in [6, 6.07) is 0.958. The van der Waals surface area contributed by atoms with Crippen LogP contribution in [-0.4, -0.2) is 5.11 Å². The molecule has 1 N–H and O–H groups in total. The van der Waals surface area contributed by atoms with Gasteiger partial charge in [0.15, 0.2) is 11.6 Å². The van der Waals surface area contributed by atoms with Gasteiger partial charge in [-0.3, -0.25) is 0 Å². The van der Waals surface area contributed by atoms with Crippen LogP contribution >= 0.6 is 0 Å². The van der Waals surface area contributed by atoms with Crippen molar-refractivity contribution in [2.24, 2.45) is 0 Å². The first-order valence-electron chi connectivity index (χ1n) is 4.87. The van der Waals surface area contributed by atoms with E-state index in [9.17, 15) is 13.2 Å². The molecule has 15 heavy (non-hydrogen) atoms. The van der Waals surface area contributed by atoms with Crippen molar-refractivity contribution in [2.75, 3.05) is 0 Å². The van der Waals surface area contributed by atoms with Crippen molar-refractivity contribution in [2.45, 2.75) is 32.8 Å². The summed E-state index contributed by atoms with van der Waals surface area (Å²) < 4.78 is 39.6. The third-order valence-electron chi connectivity index (χ3n) is 2.29. The zero-order valence-corrected chi connectivity index (χ0v) is 8.49. The molecule has 0 saturated carbocycles. The molecule has 1 nitrogen and oxygen atoms in total. The van der Waals surface area contributed by atoms with Crippen LogP contribution < -0.4 is 0 Å². The molecule has 0 heterocycles. The van der Waals surface area contributed by atoms with Gasteiger partial charge in [0.05, 0.1) is 12.2 Å². The van der Waals surface area contributed by atoms with Gasteiger partial charge in [0.2, 0.25) is 0 Å². The molecule has 0 aromatic heterocycles. The molecule has 0 aliphatic carbocycles. The maximum absolute atomic E-state index is 13.3. The average Bonchev–Trinajstić information content (AvgIpc) is 2.22. The number of aliphatic hydroxyl groups is 1. The van der Waals surface area contributed by atoms with Gasteiger partial charge in [-0.2, -0.15) is 0 Å². The lowest BCUT2D eigenvalue weighted by molar-refractivity contribution is 0.265. The van der Waals surface area contributed by atoms with E-state index in [4.69, 9.17) is 5.11 Å². The summed E-state index contributed by atoms with van der Waals surface area (Å²) in [5, 5.41) is 8.64. The standard InChI is InChI=1S/C11H13F3O/c1-2-3-4-7-5-9(12)8(6-15)11(14)10(7)13/h5,15H,2-4,6H2,1H3. The normalized spacial score (nSPS) is 10.7. The van der Waals surface area contributed by atoms with E-state index in [1.54, 1.807) is 0 Å². The molecule has 0 atom stereocenters. The minimum Gasteiger partial charge on any atom is -0.391 e.